The third-order valence-electron chi connectivity index (χ3n) is 2.62. The van der Waals surface area contributed by atoms with Crippen molar-refractivity contribution in [2.24, 2.45) is 0 Å². The average molecular weight is 288 g/mol. The molecule has 0 spiro atoms. The number of carbonyl (C=O) groups excluding carboxylic acids is 1. The summed E-state index contributed by atoms with van der Waals surface area (Å²) in [4.78, 5) is 15.5. The van der Waals surface area contributed by atoms with Crippen molar-refractivity contribution in [1.29, 1.82) is 0 Å². The first-order valence-corrected chi connectivity index (χ1v) is 6.75. The van der Waals surface area contributed by atoms with Crippen LogP contribution in [-0.2, 0) is 4.79 Å². The maximum Gasteiger partial charge on any atom is 0.220 e. The number of aromatic nitrogens is 1. The number of carbonyl (C=O) groups is 1. The molecule has 1 aromatic heterocycles. The predicted molar refractivity (Wildman–Crippen MR) is 73.1 cm³/mol. The Morgan fingerprint density at radius 1 is 1.44 bits per heavy atom. The highest BCUT2D eigenvalue weighted by Gasteiger charge is 2.22. The molecule has 0 aromatic carbocycles. The largest absolute Gasteiger partial charge is 0.369 e. The molecule has 0 bridgehead atoms. The summed E-state index contributed by atoms with van der Waals surface area (Å²) in [7, 11) is 0. The van der Waals surface area contributed by atoms with Gasteiger partial charge in [-0.25, -0.2) is 4.98 Å². The van der Waals surface area contributed by atoms with Gasteiger partial charge in [-0.05, 0) is 25.3 Å². The number of pyridine rings is 1. The van der Waals surface area contributed by atoms with Gasteiger partial charge in [0.15, 0.2) is 0 Å². The number of nitrogens with one attached hydrogen (secondary N) is 2. The molecule has 0 atom stereocenters. The lowest BCUT2D eigenvalue weighted by Gasteiger charge is -2.07. The molecule has 1 aromatic rings. The molecule has 6 heteroatoms. The number of nitrogens with zero attached hydrogens (tertiary/aromatic N) is 1. The van der Waals surface area contributed by atoms with Crippen LogP contribution in [0.4, 0.5) is 5.82 Å². The molecule has 1 amide bonds. The van der Waals surface area contributed by atoms with Crippen LogP contribution >= 0.6 is 23.2 Å². The third-order valence-corrected chi connectivity index (χ3v) is 3.12. The molecule has 1 fully saturated rings. The molecule has 98 valence electrons. The SMILES string of the molecule is O=C(CCCNc1ncc(Cl)cc1Cl)NC1CC1. The van der Waals surface area contributed by atoms with Gasteiger partial charge in [-0.2, -0.15) is 0 Å². The zero-order valence-electron chi connectivity index (χ0n) is 9.88. The molecule has 1 aliphatic carbocycles. The van der Waals surface area contributed by atoms with Gasteiger partial charge in [0, 0.05) is 25.2 Å². The van der Waals surface area contributed by atoms with Crippen LogP contribution in [0.5, 0.6) is 0 Å². The Balaban J connectivity index is 1.66. The van der Waals surface area contributed by atoms with E-state index in [0.29, 0.717) is 34.9 Å². The second-order valence-corrected chi connectivity index (χ2v) is 5.20. The normalized spacial score (nSPS) is 14.3. The molecule has 0 aliphatic heterocycles. The monoisotopic (exact) mass is 287 g/mol. The molecule has 0 saturated heterocycles. The maximum atomic E-state index is 11.4. The average Bonchev–Trinajstić information content (AvgIpc) is 3.10. The van der Waals surface area contributed by atoms with Gasteiger partial charge in [-0.1, -0.05) is 23.2 Å². The highest BCUT2D eigenvalue weighted by Crippen LogP contribution is 2.22. The molecular weight excluding hydrogens is 273 g/mol. The van der Waals surface area contributed by atoms with Crippen LogP contribution in [0.2, 0.25) is 10.0 Å². The molecule has 0 unspecified atom stereocenters. The Morgan fingerprint density at radius 3 is 2.89 bits per heavy atom. The lowest BCUT2D eigenvalue weighted by molar-refractivity contribution is -0.121. The lowest BCUT2D eigenvalue weighted by atomic mass is 10.3. The Kier molecular flexibility index (Phi) is 4.66. The number of amides is 1. The van der Waals surface area contributed by atoms with E-state index < -0.39 is 0 Å². The summed E-state index contributed by atoms with van der Waals surface area (Å²) in [5, 5.41) is 7.03. The fourth-order valence-electron chi connectivity index (χ4n) is 1.53. The molecular formula is C12H15Cl2N3O. The lowest BCUT2D eigenvalue weighted by Crippen LogP contribution is -2.25. The summed E-state index contributed by atoms with van der Waals surface area (Å²) in [6, 6.07) is 2.07. The maximum absolute atomic E-state index is 11.4. The fraction of sp³-hybridized carbons (Fsp3) is 0.500. The smallest absolute Gasteiger partial charge is 0.220 e. The van der Waals surface area contributed by atoms with Crippen LogP contribution in [0.3, 0.4) is 0 Å². The highest BCUT2D eigenvalue weighted by atomic mass is 35.5. The molecule has 1 aliphatic rings. The second kappa shape index (κ2) is 6.25. The number of rotatable bonds is 6. The van der Waals surface area contributed by atoms with E-state index in [9.17, 15) is 4.79 Å². The Hall–Kier alpha value is -1.00. The quantitative estimate of drug-likeness (QED) is 0.791. The zero-order chi connectivity index (χ0) is 13.0. The van der Waals surface area contributed by atoms with Crippen molar-refractivity contribution in [1.82, 2.24) is 10.3 Å². The highest BCUT2D eigenvalue weighted by molar-refractivity contribution is 6.35. The van der Waals surface area contributed by atoms with Crippen LogP contribution in [-0.4, -0.2) is 23.5 Å². The Morgan fingerprint density at radius 2 is 2.22 bits per heavy atom. The van der Waals surface area contributed by atoms with Crippen LogP contribution in [0.25, 0.3) is 0 Å². The number of halogens is 2. The summed E-state index contributed by atoms with van der Waals surface area (Å²) in [6.45, 7) is 0.659. The van der Waals surface area contributed by atoms with Crippen molar-refractivity contribution in [3.63, 3.8) is 0 Å². The van der Waals surface area contributed by atoms with E-state index in [-0.39, 0.29) is 5.91 Å². The van der Waals surface area contributed by atoms with Crippen molar-refractivity contribution >= 4 is 34.9 Å². The fourth-order valence-corrected chi connectivity index (χ4v) is 1.97. The molecule has 2 N–H and O–H groups in total. The van der Waals surface area contributed by atoms with Crippen LogP contribution in [0.15, 0.2) is 12.3 Å². The minimum atomic E-state index is 0.120. The van der Waals surface area contributed by atoms with Gasteiger partial charge in [0.1, 0.15) is 5.82 Å². The molecule has 2 rings (SSSR count). The van der Waals surface area contributed by atoms with Gasteiger partial charge in [-0.3, -0.25) is 4.79 Å². The predicted octanol–water partition coefficient (Wildman–Crippen LogP) is 2.86. The minimum Gasteiger partial charge on any atom is -0.369 e. The minimum absolute atomic E-state index is 0.120. The summed E-state index contributed by atoms with van der Waals surface area (Å²) in [6.07, 6.45) is 5.05. The van der Waals surface area contributed by atoms with Crippen molar-refractivity contribution in [2.45, 2.75) is 31.7 Å². The van der Waals surface area contributed by atoms with E-state index in [2.05, 4.69) is 15.6 Å². The van der Waals surface area contributed by atoms with E-state index in [1.165, 1.54) is 6.20 Å². The van der Waals surface area contributed by atoms with Crippen LogP contribution in [0.1, 0.15) is 25.7 Å². The zero-order valence-corrected chi connectivity index (χ0v) is 11.4. The standard InChI is InChI=1S/C12H15Cl2N3O/c13-8-6-10(14)12(16-7-8)15-5-1-2-11(18)17-9-3-4-9/h6-7,9H,1-5H2,(H,15,16)(H,17,18). The van der Waals surface area contributed by atoms with Crippen molar-refractivity contribution in [3.05, 3.63) is 22.3 Å². The summed E-state index contributed by atoms with van der Waals surface area (Å²) >= 11 is 11.7. The molecule has 18 heavy (non-hydrogen) atoms. The van der Waals surface area contributed by atoms with Gasteiger partial charge < -0.3 is 10.6 Å². The Labute approximate surface area is 116 Å². The second-order valence-electron chi connectivity index (χ2n) is 4.36. The van der Waals surface area contributed by atoms with Crippen molar-refractivity contribution in [2.75, 3.05) is 11.9 Å². The first-order valence-electron chi connectivity index (χ1n) is 5.99. The summed E-state index contributed by atoms with van der Waals surface area (Å²) < 4.78 is 0. The van der Waals surface area contributed by atoms with E-state index in [4.69, 9.17) is 23.2 Å². The third kappa shape index (κ3) is 4.35. The van der Waals surface area contributed by atoms with E-state index in [1.807, 2.05) is 0 Å². The topological polar surface area (TPSA) is 54.0 Å². The van der Waals surface area contributed by atoms with E-state index >= 15 is 0 Å². The first-order chi connectivity index (χ1) is 8.65. The Bertz CT molecular complexity index is 435. The molecule has 1 saturated carbocycles. The van der Waals surface area contributed by atoms with Gasteiger partial charge in [-0.15, -0.1) is 0 Å². The van der Waals surface area contributed by atoms with Crippen molar-refractivity contribution in [3.8, 4) is 0 Å². The summed E-state index contributed by atoms with van der Waals surface area (Å²) in [5.74, 6) is 0.720. The number of anilines is 1. The number of hydrogen-bond donors (Lipinski definition) is 2. The van der Waals surface area contributed by atoms with Gasteiger partial charge in [0.2, 0.25) is 5.91 Å². The van der Waals surface area contributed by atoms with Crippen LogP contribution < -0.4 is 10.6 Å². The van der Waals surface area contributed by atoms with Crippen LogP contribution in [0, 0.1) is 0 Å². The van der Waals surface area contributed by atoms with Gasteiger partial charge in [0.25, 0.3) is 0 Å². The van der Waals surface area contributed by atoms with Gasteiger partial charge >= 0.3 is 0 Å². The van der Waals surface area contributed by atoms with E-state index in [0.717, 1.165) is 19.3 Å². The molecule has 4 nitrogen and oxygen atoms in total. The van der Waals surface area contributed by atoms with Crippen molar-refractivity contribution < 1.29 is 4.79 Å². The number of hydrogen-bond acceptors (Lipinski definition) is 3. The summed E-state index contributed by atoms with van der Waals surface area (Å²) in [5.41, 5.74) is 0. The first kappa shape index (κ1) is 13.4. The van der Waals surface area contributed by atoms with Gasteiger partial charge in [0.05, 0.1) is 10.0 Å². The van der Waals surface area contributed by atoms with E-state index in [1.54, 1.807) is 6.07 Å². The molecule has 1 heterocycles. The molecule has 0 radical (unpaired) electrons.